The molecule has 0 radical (unpaired) electrons. The van der Waals surface area contributed by atoms with E-state index in [4.69, 9.17) is 0 Å². The SMILES string of the molecule is O=C(NC1CCCC(O)C1)c1cccc2c1CCCN2. The highest BCUT2D eigenvalue weighted by molar-refractivity contribution is 5.97. The first kappa shape index (κ1) is 13.4. The van der Waals surface area contributed by atoms with Crippen LogP contribution in [0.2, 0.25) is 0 Å². The molecule has 1 aliphatic carbocycles. The molecule has 108 valence electrons. The summed E-state index contributed by atoms with van der Waals surface area (Å²) < 4.78 is 0. The fraction of sp³-hybridized carbons (Fsp3) is 0.562. The van der Waals surface area contributed by atoms with Crippen LogP contribution in [0.25, 0.3) is 0 Å². The highest BCUT2D eigenvalue weighted by Crippen LogP contribution is 2.26. The lowest BCUT2D eigenvalue weighted by Crippen LogP contribution is -2.40. The van der Waals surface area contributed by atoms with E-state index in [2.05, 4.69) is 10.6 Å². The molecule has 1 saturated carbocycles. The van der Waals surface area contributed by atoms with Gasteiger partial charge < -0.3 is 15.7 Å². The predicted molar refractivity (Wildman–Crippen MR) is 79.0 cm³/mol. The normalized spacial score (nSPS) is 25.4. The lowest BCUT2D eigenvalue weighted by molar-refractivity contribution is 0.0849. The molecule has 4 heteroatoms. The van der Waals surface area contributed by atoms with Gasteiger partial charge in [-0.05, 0) is 56.2 Å². The van der Waals surface area contributed by atoms with Gasteiger partial charge in [-0.25, -0.2) is 0 Å². The van der Waals surface area contributed by atoms with E-state index in [1.807, 2.05) is 18.2 Å². The highest BCUT2D eigenvalue weighted by atomic mass is 16.3. The number of rotatable bonds is 2. The second-order valence-electron chi connectivity index (χ2n) is 5.85. The highest BCUT2D eigenvalue weighted by Gasteiger charge is 2.24. The molecule has 0 aromatic heterocycles. The summed E-state index contributed by atoms with van der Waals surface area (Å²) in [6, 6.07) is 5.98. The van der Waals surface area contributed by atoms with E-state index in [0.29, 0.717) is 6.42 Å². The van der Waals surface area contributed by atoms with Crippen molar-refractivity contribution in [3.05, 3.63) is 29.3 Å². The number of amides is 1. The number of carbonyl (C=O) groups excluding carboxylic acids is 1. The molecule has 20 heavy (non-hydrogen) atoms. The van der Waals surface area contributed by atoms with Crippen LogP contribution in [-0.4, -0.2) is 29.7 Å². The van der Waals surface area contributed by atoms with Gasteiger partial charge >= 0.3 is 0 Å². The Balaban J connectivity index is 1.74. The van der Waals surface area contributed by atoms with Crippen molar-refractivity contribution in [2.75, 3.05) is 11.9 Å². The van der Waals surface area contributed by atoms with E-state index < -0.39 is 0 Å². The molecule has 1 heterocycles. The molecule has 3 rings (SSSR count). The van der Waals surface area contributed by atoms with E-state index in [-0.39, 0.29) is 18.1 Å². The molecular weight excluding hydrogens is 252 g/mol. The van der Waals surface area contributed by atoms with Crippen LogP contribution in [-0.2, 0) is 6.42 Å². The Morgan fingerprint density at radius 1 is 1.30 bits per heavy atom. The molecule has 1 amide bonds. The summed E-state index contributed by atoms with van der Waals surface area (Å²) >= 11 is 0. The Hall–Kier alpha value is -1.55. The minimum absolute atomic E-state index is 0.00431. The molecule has 2 aliphatic rings. The van der Waals surface area contributed by atoms with Crippen LogP contribution in [0.1, 0.15) is 48.0 Å². The van der Waals surface area contributed by atoms with Gasteiger partial charge in [-0.3, -0.25) is 4.79 Å². The summed E-state index contributed by atoms with van der Waals surface area (Å²) in [7, 11) is 0. The molecule has 2 unspecified atom stereocenters. The van der Waals surface area contributed by atoms with Crippen LogP contribution in [0.4, 0.5) is 5.69 Å². The maximum absolute atomic E-state index is 12.5. The predicted octanol–water partition coefficient (Wildman–Crippen LogP) is 2.08. The Bertz CT molecular complexity index is 501. The molecule has 2 atom stereocenters. The van der Waals surface area contributed by atoms with Crippen LogP contribution in [0.5, 0.6) is 0 Å². The van der Waals surface area contributed by atoms with Crippen molar-refractivity contribution < 1.29 is 9.90 Å². The van der Waals surface area contributed by atoms with E-state index >= 15 is 0 Å². The average Bonchev–Trinajstić information content (AvgIpc) is 2.46. The third-order valence-corrected chi connectivity index (χ3v) is 4.32. The smallest absolute Gasteiger partial charge is 0.251 e. The second-order valence-corrected chi connectivity index (χ2v) is 5.85. The minimum atomic E-state index is -0.264. The number of benzene rings is 1. The van der Waals surface area contributed by atoms with Gasteiger partial charge in [-0.15, -0.1) is 0 Å². The van der Waals surface area contributed by atoms with Gasteiger partial charge in [-0.2, -0.15) is 0 Å². The van der Waals surface area contributed by atoms with Gasteiger partial charge in [0.15, 0.2) is 0 Å². The molecular formula is C16H22N2O2. The summed E-state index contributed by atoms with van der Waals surface area (Å²) in [6.45, 7) is 0.979. The first-order valence-electron chi connectivity index (χ1n) is 7.59. The molecule has 1 aromatic carbocycles. The van der Waals surface area contributed by atoms with Crippen LogP contribution in [0, 0.1) is 0 Å². The van der Waals surface area contributed by atoms with Gasteiger partial charge in [0.25, 0.3) is 5.91 Å². The fourth-order valence-electron chi connectivity index (χ4n) is 3.28. The van der Waals surface area contributed by atoms with Gasteiger partial charge in [0.1, 0.15) is 0 Å². The second kappa shape index (κ2) is 5.83. The van der Waals surface area contributed by atoms with Crippen molar-refractivity contribution in [2.45, 2.75) is 50.7 Å². The van der Waals surface area contributed by atoms with E-state index in [1.165, 1.54) is 0 Å². The standard InChI is InChI=1S/C16H22N2O2/c19-12-5-1-4-11(10-12)18-16(20)14-6-2-8-15-13(14)7-3-9-17-15/h2,6,8,11-12,17,19H,1,3-5,7,9-10H2,(H,18,20). The number of aliphatic hydroxyl groups is 1. The Morgan fingerprint density at radius 2 is 2.20 bits per heavy atom. The van der Waals surface area contributed by atoms with E-state index in [0.717, 1.165) is 55.5 Å². The number of nitrogens with one attached hydrogen (secondary N) is 2. The Labute approximate surface area is 119 Å². The topological polar surface area (TPSA) is 61.4 Å². The average molecular weight is 274 g/mol. The van der Waals surface area contributed by atoms with Gasteiger partial charge in [0.05, 0.1) is 6.10 Å². The van der Waals surface area contributed by atoms with Gasteiger partial charge in [0, 0.05) is 23.8 Å². The lowest BCUT2D eigenvalue weighted by atomic mass is 9.92. The summed E-state index contributed by atoms with van der Waals surface area (Å²) in [5.41, 5.74) is 3.01. The molecule has 1 aliphatic heterocycles. The van der Waals surface area contributed by atoms with Crippen molar-refractivity contribution in [1.82, 2.24) is 5.32 Å². The summed E-state index contributed by atoms with van der Waals surface area (Å²) in [5, 5.41) is 16.1. The molecule has 1 aromatic rings. The first-order valence-corrected chi connectivity index (χ1v) is 7.59. The zero-order chi connectivity index (χ0) is 13.9. The molecule has 0 saturated heterocycles. The van der Waals surface area contributed by atoms with Crippen molar-refractivity contribution >= 4 is 11.6 Å². The maximum atomic E-state index is 12.5. The Kier molecular flexibility index (Phi) is 3.92. The minimum Gasteiger partial charge on any atom is -0.393 e. The number of hydrogen-bond acceptors (Lipinski definition) is 3. The monoisotopic (exact) mass is 274 g/mol. The van der Waals surface area contributed by atoms with Crippen molar-refractivity contribution in [3.63, 3.8) is 0 Å². The summed E-state index contributed by atoms with van der Waals surface area (Å²) in [6.07, 6.45) is 5.26. The third kappa shape index (κ3) is 2.80. The number of carbonyl (C=O) groups is 1. The quantitative estimate of drug-likeness (QED) is 0.774. The molecule has 0 spiro atoms. The van der Waals surface area contributed by atoms with Crippen molar-refractivity contribution in [3.8, 4) is 0 Å². The summed E-state index contributed by atoms with van der Waals surface area (Å²) in [4.78, 5) is 12.5. The number of anilines is 1. The van der Waals surface area contributed by atoms with Crippen molar-refractivity contribution in [2.24, 2.45) is 0 Å². The first-order chi connectivity index (χ1) is 9.74. The number of aliphatic hydroxyl groups excluding tert-OH is 1. The molecule has 4 nitrogen and oxygen atoms in total. The van der Waals surface area contributed by atoms with Crippen molar-refractivity contribution in [1.29, 1.82) is 0 Å². The number of fused-ring (bicyclic) bond motifs is 1. The molecule has 3 N–H and O–H groups in total. The molecule has 1 fully saturated rings. The number of hydrogen-bond donors (Lipinski definition) is 3. The zero-order valence-corrected chi connectivity index (χ0v) is 11.7. The fourth-order valence-corrected chi connectivity index (χ4v) is 3.28. The van der Waals surface area contributed by atoms with Crippen LogP contribution < -0.4 is 10.6 Å². The van der Waals surface area contributed by atoms with E-state index in [1.54, 1.807) is 0 Å². The lowest BCUT2D eigenvalue weighted by Gasteiger charge is -2.27. The molecule has 0 bridgehead atoms. The maximum Gasteiger partial charge on any atom is 0.251 e. The van der Waals surface area contributed by atoms with E-state index in [9.17, 15) is 9.90 Å². The van der Waals surface area contributed by atoms with Crippen LogP contribution in [0.15, 0.2) is 18.2 Å². The Morgan fingerprint density at radius 3 is 3.05 bits per heavy atom. The van der Waals surface area contributed by atoms with Crippen LogP contribution >= 0.6 is 0 Å². The largest absolute Gasteiger partial charge is 0.393 e. The van der Waals surface area contributed by atoms with Gasteiger partial charge in [-0.1, -0.05) is 6.07 Å². The van der Waals surface area contributed by atoms with Crippen LogP contribution in [0.3, 0.4) is 0 Å². The zero-order valence-electron chi connectivity index (χ0n) is 11.7. The third-order valence-electron chi connectivity index (χ3n) is 4.32. The van der Waals surface area contributed by atoms with Gasteiger partial charge in [0.2, 0.25) is 0 Å². The summed E-state index contributed by atoms with van der Waals surface area (Å²) in [5.74, 6) is 0.00431.